The van der Waals surface area contributed by atoms with Gasteiger partial charge in [0.15, 0.2) is 0 Å². The molecule has 2 aromatic carbocycles. The maximum atomic E-state index is 12.4. The monoisotopic (exact) mass is 383 g/mol. The molecule has 1 amide bonds. The average molecular weight is 384 g/mol. The fourth-order valence-corrected chi connectivity index (χ4v) is 3.15. The van der Waals surface area contributed by atoms with E-state index >= 15 is 0 Å². The molecular weight excluding hydrogens is 366 g/mol. The number of rotatable bonds is 5. The van der Waals surface area contributed by atoms with Gasteiger partial charge < -0.3 is 5.32 Å². The van der Waals surface area contributed by atoms with Crippen molar-refractivity contribution < 1.29 is 4.79 Å². The molecule has 0 bridgehead atoms. The predicted octanol–water partition coefficient (Wildman–Crippen LogP) is 4.18. The Morgan fingerprint density at radius 2 is 1.88 bits per heavy atom. The number of hydrogen-bond acceptors (Lipinski definition) is 2. The highest BCUT2D eigenvalue weighted by Crippen LogP contribution is 2.23. The van der Waals surface area contributed by atoms with Gasteiger partial charge in [-0.2, -0.15) is 5.10 Å². The highest BCUT2D eigenvalue weighted by atomic mass is 79.9. The molecule has 0 aliphatic carbocycles. The highest BCUT2D eigenvalue weighted by Gasteiger charge is 2.15. The van der Waals surface area contributed by atoms with Crippen molar-refractivity contribution >= 4 is 21.8 Å². The Morgan fingerprint density at radius 3 is 2.62 bits per heavy atom. The summed E-state index contributed by atoms with van der Waals surface area (Å²) >= 11 is 3.52. The smallest absolute Gasteiger partial charge is 0.254 e. The largest absolute Gasteiger partial charge is 0.345 e. The number of nitrogens with zero attached hydrogens (tertiary/aromatic N) is 2. The van der Waals surface area contributed by atoms with Crippen LogP contribution < -0.4 is 5.32 Å². The molecule has 3 rings (SSSR count). The molecule has 1 N–H and O–H groups in total. The molecule has 1 atom stereocenters. The Morgan fingerprint density at radius 1 is 1.17 bits per heavy atom. The molecular formula is C19H18BrN3O. The van der Waals surface area contributed by atoms with Crippen LogP contribution in [-0.4, -0.2) is 15.7 Å². The molecule has 3 aromatic rings. The van der Waals surface area contributed by atoms with Gasteiger partial charge in [0.1, 0.15) is 0 Å². The van der Waals surface area contributed by atoms with Crippen LogP contribution in [0, 0.1) is 0 Å². The normalized spacial score (nSPS) is 11.9. The first-order valence-corrected chi connectivity index (χ1v) is 8.54. The molecule has 5 heteroatoms. The van der Waals surface area contributed by atoms with Crippen molar-refractivity contribution in [2.24, 2.45) is 0 Å². The van der Waals surface area contributed by atoms with Crippen LogP contribution in [-0.2, 0) is 6.54 Å². The third-order valence-electron chi connectivity index (χ3n) is 3.80. The van der Waals surface area contributed by atoms with Gasteiger partial charge in [-0.3, -0.25) is 9.48 Å². The zero-order chi connectivity index (χ0) is 16.9. The summed E-state index contributed by atoms with van der Waals surface area (Å²) in [5.74, 6) is -0.127. The first kappa shape index (κ1) is 16.5. The molecule has 0 aliphatic rings. The fourth-order valence-electron chi connectivity index (χ4n) is 2.52. The zero-order valence-corrected chi connectivity index (χ0v) is 14.9. The molecule has 0 saturated carbocycles. The molecule has 0 unspecified atom stereocenters. The zero-order valence-electron chi connectivity index (χ0n) is 13.3. The van der Waals surface area contributed by atoms with Gasteiger partial charge in [0, 0.05) is 10.7 Å². The van der Waals surface area contributed by atoms with E-state index in [1.165, 1.54) is 0 Å². The van der Waals surface area contributed by atoms with Crippen LogP contribution in [0.15, 0.2) is 71.5 Å². The molecule has 0 spiro atoms. The number of carbonyl (C=O) groups is 1. The van der Waals surface area contributed by atoms with Gasteiger partial charge in [-0.1, -0.05) is 64.5 Å². The second kappa shape index (κ2) is 7.45. The maximum Gasteiger partial charge on any atom is 0.254 e. The minimum atomic E-state index is -0.127. The Balaban J connectivity index is 1.67. The van der Waals surface area contributed by atoms with E-state index < -0.39 is 0 Å². The topological polar surface area (TPSA) is 46.9 Å². The van der Waals surface area contributed by atoms with E-state index in [1.807, 2.05) is 61.5 Å². The van der Waals surface area contributed by atoms with Crippen LogP contribution >= 0.6 is 15.9 Å². The van der Waals surface area contributed by atoms with Crippen molar-refractivity contribution in [3.8, 4) is 0 Å². The van der Waals surface area contributed by atoms with Gasteiger partial charge >= 0.3 is 0 Å². The average Bonchev–Trinajstić information content (AvgIpc) is 3.04. The van der Waals surface area contributed by atoms with Gasteiger partial charge in [0.25, 0.3) is 5.91 Å². The Hall–Kier alpha value is -2.40. The summed E-state index contributed by atoms with van der Waals surface area (Å²) in [5, 5.41) is 7.28. The number of benzene rings is 2. The van der Waals surface area contributed by atoms with Crippen LogP contribution in [0.2, 0.25) is 0 Å². The Bertz CT molecular complexity index is 829. The second-order valence-corrected chi connectivity index (χ2v) is 6.48. The molecule has 0 fully saturated rings. The summed E-state index contributed by atoms with van der Waals surface area (Å²) in [4.78, 5) is 12.4. The molecule has 0 aliphatic heterocycles. The molecule has 1 heterocycles. The molecule has 4 nitrogen and oxygen atoms in total. The van der Waals surface area contributed by atoms with E-state index in [1.54, 1.807) is 17.1 Å². The number of carbonyl (C=O) groups excluding carboxylic acids is 1. The van der Waals surface area contributed by atoms with Crippen LogP contribution in [0.5, 0.6) is 0 Å². The maximum absolute atomic E-state index is 12.4. The minimum Gasteiger partial charge on any atom is -0.345 e. The summed E-state index contributed by atoms with van der Waals surface area (Å²) in [6.45, 7) is 2.61. The molecule has 0 radical (unpaired) electrons. The summed E-state index contributed by atoms with van der Waals surface area (Å²) in [6, 6.07) is 17.8. The third kappa shape index (κ3) is 3.92. The standard InChI is InChI=1S/C19H18BrN3O/c1-14(17-9-5-6-10-18(17)20)22-19(24)16-11-21-23(13-16)12-15-7-3-2-4-8-15/h2-11,13-14H,12H2,1H3,(H,22,24)/t14-/m1/s1. The first-order chi connectivity index (χ1) is 11.6. The number of aromatic nitrogens is 2. The molecule has 0 saturated heterocycles. The first-order valence-electron chi connectivity index (χ1n) is 7.75. The van der Waals surface area contributed by atoms with E-state index in [4.69, 9.17) is 0 Å². The van der Waals surface area contributed by atoms with Gasteiger partial charge in [-0.15, -0.1) is 0 Å². The van der Waals surface area contributed by atoms with E-state index in [-0.39, 0.29) is 11.9 Å². The van der Waals surface area contributed by atoms with Crippen molar-refractivity contribution in [1.29, 1.82) is 0 Å². The van der Waals surface area contributed by atoms with Crippen LogP contribution in [0.3, 0.4) is 0 Å². The third-order valence-corrected chi connectivity index (χ3v) is 4.52. The van der Waals surface area contributed by atoms with Gasteiger partial charge in [0.2, 0.25) is 0 Å². The number of hydrogen-bond donors (Lipinski definition) is 1. The molecule has 122 valence electrons. The van der Waals surface area contributed by atoms with Crippen LogP contribution in [0.4, 0.5) is 0 Å². The SMILES string of the molecule is C[C@@H](NC(=O)c1cnn(Cc2ccccc2)c1)c1ccccc1Br. The Kier molecular flexibility index (Phi) is 5.11. The number of nitrogens with one attached hydrogen (secondary N) is 1. The summed E-state index contributed by atoms with van der Waals surface area (Å²) < 4.78 is 2.76. The summed E-state index contributed by atoms with van der Waals surface area (Å²) in [6.07, 6.45) is 3.38. The lowest BCUT2D eigenvalue weighted by atomic mass is 10.1. The molecule has 1 aromatic heterocycles. The minimum absolute atomic E-state index is 0.0921. The van der Waals surface area contributed by atoms with Crippen molar-refractivity contribution in [3.05, 3.63) is 88.2 Å². The summed E-state index contributed by atoms with van der Waals surface area (Å²) in [7, 11) is 0. The lowest BCUT2D eigenvalue weighted by Gasteiger charge is -2.15. The Labute approximate surface area is 149 Å². The van der Waals surface area contributed by atoms with E-state index in [0.29, 0.717) is 12.1 Å². The van der Waals surface area contributed by atoms with E-state index in [9.17, 15) is 4.79 Å². The lowest BCUT2D eigenvalue weighted by molar-refractivity contribution is 0.0939. The number of amides is 1. The van der Waals surface area contributed by atoms with Crippen LogP contribution in [0.1, 0.15) is 34.5 Å². The second-order valence-electron chi connectivity index (χ2n) is 5.63. The molecule has 24 heavy (non-hydrogen) atoms. The quantitative estimate of drug-likeness (QED) is 0.717. The van der Waals surface area contributed by atoms with E-state index in [0.717, 1.165) is 15.6 Å². The predicted molar refractivity (Wildman–Crippen MR) is 97.8 cm³/mol. The van der Waals surface area contributed by atoms with Crippen molar-refractivity contribution in [2.75, 3.05) is 0 Å². The van der Waals surface area contributed by atoms with Crippen molar-refractivity contribution in [1.82, 2.24) is 15.1 Å². The lowest BCUT2D eigenvalue weighted by Crippen LogP contribution is -2.26. The van der Waals surface area contributed by atoms with Gasteiger partial charge in [-0.05, 0) is 24.1 Å². The summed E-state index contributed by atoms with van der Waals surface area (Å²) in [5.41, 5.74) is 2.75. The van der Waals surface area contributed by atoms with Gasteiger partial charge in [-0.25, -0.2) is 0 Å². The highest BCUT2D eigenvalue weighted by molar-refractivity contribution is 9.10. The van der Waals surface area contributed by atoms with Crippen molar-refractivity contribution in [2.45, 2.75) is 19.5 Å². The van der Waals surface area contributed by atoms with Crippen molar-refractivity contribution in [3.63, 3.8) is 0 Å². The van der Waals surface area contributed by atoms with E-state index in [2.05, 4.69) is 26.3 Å². The fraction of sp³-hybridized carbons (Fsp3) is 0.158. The number of halogens is 1. The van der Waals surface area contributed by atoms with Gasteiger partial charge in [0.05, 0.1) is 24.3 Å². The van der Waals surface area contributed by atoms with Crippen LogP contribution in [0.25, 0.3) is 0 Å².